The molecule has 0 saturated heterocycles. The number of aryl methyl sites for hydroxylation is 1. The van der Waals surface area contributed by atoms with Crippen LogP contribution < -0.4 is 5.30 Å². The molecule has 3 atom stereocenters. The van der Waals surface area contributed by atoms with Gasteiger partial charge in [0.1, 0.15) is 0 Å². The standard InChI is InChI=1S/C15H18OP2/c1-11-3-5-12(6-4-11)13-7-9-14(10-8-13)18-15(16)17-2/h3-10,15-18H,1-2H3. The van der Waals surface area contributed by atoms with Crippen LogP contribution in [0.25, 0.3) is 11.1 Å². The zero-order valence-electron chi connectivity index (χ0n) is 10.6. The Kier molecular flexibility index (Phi) is 4.89. The lowest BCUT2D eigenvalue weighted by atomic mass is 10.0. The highest BCUT2D eigenvalue weighted by molar-refractivity contribution is 7.61. The van der Waals surface area contributed by atoms with Gasteiger partial charge in [-0.15, -0.1) is 0 Å². The van der Waals surface area contributed by atoms with E-state index in [2.05, 4.69) is 55.5 Å². The number of hydrogen-bond acceptors (Lipinski definition) is 1. The van der Waals surface area contributed by atoms with Gasteiger partial charge in [0, 0.05) is 0 Å². The van der Waals surface area contributed by atoms with Gasteiger partial charge in [0.25, 0.3) is 0 Å². The molecular weight excluding hydrogens is 258 g/mol. The predicted octanol–water partition coefficient (Wildman–Crippen LogP) is 3.55. The molecule has 0 amide bonds. The number of rotatable bonds is 4. The van der Waals surface area contributed by atoms with Crippen LogP contribution in [0.2, 0.25) is 0 Å². The lowest BCUT2D eigenvalue weighted by Crippen LogP contribution is -1.99. The Bertz CT molecular complexity index is 491. The van der Waals surface area contributed by atoms with E-state index >= 15 is 0 Å². The van der Waals surface area contributed by atoms with Gasteiger partial charge in [-0.25, -0.2) is 0 Å². The molecule has 0 aliphatic carbocycles. The largest absolute Gasteiger partial charge is 0.384 e. The van der Waals surface area contributed by atoms with Crippen LogP contribution in [0.5, 0.6) is 0 Å². The van der Waals surface area contributed by atoms with E-state index in [0.29, 0.717) is 17.2 Å². The third-order valence-corrected chi connectivity index (χ3v) is 5.63. The Labute approximate surface area is 112 Å². The van der Waals surface area contributed by atoms with Gasteiger partial charge in [-0.1, -0.05) is 71.3 Å². The zero-order valence-corrected chi connectivity index (χ0v) is 12.6. The van der Waals surface area contributed by atoms with Crippen LogP contribution in [0.4, 0.5) is 0 Å². The van der Waals surface area contributed by atoms with E-state index in [9.17, 15) is 5.11 Å². The second-order valence-corrected chi connectivity index (χ2v) is 7.39. The van der Waals surface area contributed by atoms with Gasteiger partial charge in [0.05, 0.1) is 5.59 Å². The Morgan fingerprint density at radius 2 is 1.39 bits per heavy atom. The van der Waals surface area contributed by atoms with Gasteiger partial charge >= 0.3 is 0 Å². The first-order valence-electron chi connectivity index (χ1n) is 5.98. The van der Waals surface area contributed by atoms with E-state index in [-0.39, 0.29) is 5.59 Å². The maximum atomic E-state index is 9.65. The topological polar surface area (TPSA) is 20.2 Å². The maximum Gasteiger partial charge on any atom is 0.0898 e. The second-order valence-electron chi connectivity index (χ2n) is 4.28. The molecule has 2 rings (SSSR count). The molecule has 3 heteroatoms. The fourth-order valence-electron chi connectivity index (χ4n) is 1.73. The molecule has 0 bridgehead atoms. The Balaban J connectivity index is 2.14. The molecule has 94 valence electrons. The van der Waals surface area contributed by atoms with Gasteiger partial charge in [0.2, 0.25) is 0 Å². The summed E-state index contributed by atoms with van der Waals surface area (Å²) in [4.78, 5) is 0. The summed E-state index contributed by atoms with van der Waals surface area (Å²) in [6.07, 6.45) is 0. The van der Waals surface area contributed by atoms with Crippen LogP contribution in [0.1, 0.15) is 5.56 Å². The molecule has 0 heterocycles. The zero-order chi connectivity index (χ0) is 13.0. The van der Waals surface area contributed by atoms with E-state index in [1.165, 1.54) is 22.0 Å². The van der Waals surface area contributed by atoms with Crippen molar-refractivity contribution in [1.29, 1.82) is 0 Å². The van der Waals surface area contributed by atoms with Crippen LogP contribution in [0.3, 0.4) is 0 Å². The fourth-order valence-corrected chi connectivity index (χ4v) is 3.49. The summed E-state index contributed by atoms with van der Waals surface area (Å²) < 4.78 is 0. The van der Waals surface area contributed by atoms with Crippen LogP contribution in [-0.4, -0.2) is 17.4 Å². The molecule has 1 N–H and O–H groups in total. The Hall–Kier alpha value is -0.740. The predicted molar refractivity (Wildman–Crippen MR) is 84.8 cm³/mol. The van der Waals surface area contributed by atoms with Crippen LogP contribution in [-0.2, 0) is 0 Å². The van der Waals surface area contributed by atoms with Crippen molar-refractivity contribution in [3.8, 4) is 11.1 Å². The first kappa shape index (κ1) is 13.7. The van der Waals surface area contributed by atoms with Gasteiger partial charge < -0.3 is 5.11 Å². The van der Waals surface area contributed by atoms with Crippen LogP contribution in [0.15, 0.2) is 48.5 Å². The van der Waals surface area contributed by atoms with E-state index < -0.39 is 0 Å². The van der Waals surface area contributed by atoms with Gasteiger partial charge in [-0.2, -0.15) is 0 Å². The van der Waals surface area contributed by atoms with Crippen molar-refractivity contribution in [2.45, 2.75) is 12.5 Å². The summed E-state index contributed by atoms with van der Waals surface area (Å²) in [5, 5.41) is 10.9. The summed E-state index contributed by atoms with van der Waals surface area (Å²) >= 11 is 0. The Morgan fingerprint density at radius 3 is 1.89 bits per heavy atom. The van der Waals surface area contributed by atoms with Crippen molar-refractivity contribution in [1.82, 2.24) is 0 Å². The lowest BCUT2D eigenvalue weighted by molar-refractivity contribution is 0.341. The third-order valence-electron chi connectivity index (χ3n) is 2.85. The molecule has 0 aliphatic heterocycles. The maximum absolute atomic E-state index is 9.65. The van der Waals surface area contributed by atoms with Gasteiger partial charge in [-0.05, 0) is 30.0 Å². The minimum absolute atomic E-state index is 0.171. The van der Waals surface area contributed by atoms with Crippen molar-refractivity contribution >= 4 is 22.5 Å². The SMILES string of the molecule is CPC(O)Pc1ccc(-c2ccc(C)cc2)cc1. The molecule has 0 aromatic heterocycles. The van der Waals surface area contributed by atoms with E-state index in [1.807, 2.05) is 6.66 Å². The quantitative estimate of drug-likeness (QED) is 0.847. The molecule has 18 heavy (non-hydrogen) atoms. The number of hydrogen-bond donors (Lipinski definition) is 1. The minimum atomic E-state index is -0.171. The smallest absolute Gasteiger partial charge is 0.0898 e. The summed E-state index contributed by atoms with van der Waals surface area (Å²) in [7, 11) is 1.09. The summed E-state index contributed by atoms with van der Waals surface area (Å²) in [5.41, 5.74) is 3.59. The summed E-state index contributed by atoms with van der Waals surface area (Å²) in [5.74, 6) is 0. The summed E-state index contributed by atoms with van der Waals surface area (Å²) in [6, 6.07) is 17.1. The monoisotopic (exact) mass is 276 g/mol. The molecule has 0 aliphatic rings. The fraction of sp³-hybridized carbons (Fsp3) is 0.200. The summed E-state index contributed by atoms with van der Waals surface area (Å²) in [6.45, 7) is 4.14. The van der Waals surface area contributed by atoms with E-state index in [1.54, 1.807) is 0 Å². The highest BCUT2D eigenvalue weighted by Crippen LogP contribution is 2.29. The molecule has 1 nitrogen and oxygen atoms in total. The average Bonchev–Trinajstić information content (AvgIpc) is 2.40. The highest BCUT2D eigenvalue weighted by atomic mass is 31.1. The highest BCUT2D eigenvalue weighted by Gasteiger charge is 2.03. The van der Waals surface area contributed by atoms with Crippen LogP contribution >= 0.6 is 17.2 Å². The molecule has 0 radical (unpaired) electrons. The van der Waals surface area contributed by atoms with E-state index in [0.717, 1.165) is 0 Å². The average molecular weight is 276 g/mol. The van der Waals surface area contributed by atoms with Crippen LogP contribution in [0, 0.1) is 6.92 Å². The molecule has 2 aromatic carbocycles. The molecule has 0 saturated carbocycles. The minimum Gasteiger partial charge on any atom is -0.384 e. The van der Waals surface area contributed by atoms with Crippen molar-refractivity contribution in [3.63, 3.8) is 0 Å². The Morgan fingerprint density at radius 1 is 0.889 bits per heavy atom. The number of aliphatic hydroxyl groups excluding tert-OH is 1. The van der Waals surface area contributed by atoms with Gasteiger partial charge in [-0.3, -0.25) is 0 Å². The lowest BCUT2D eigenvalue weighted by Gasteiger charge is -2.09. The van der Waals surface area contributed by atoms with Crippen molar-refractivity contribution < 1.29 is 5.11 Å². The third kappa shape index (κ3) is 3.62. The molecule has 0 spiro atoms. The van der Waals surface area contributed by atoms with Crippen molar-refractivity contribution in [2.75, 3.05) is 6.66 Å². The molecule has 2 aromatic rings. The molecule has 3 unspecified atom stereocenters. The first-order chi connectivity index (χ1) is 8.69. The normalized spacial score (nSPS) is 13.7. The number of benzene rings is 2. The molecule has 0 fully saturated rings. The van der Waals surface area contributed by atoms with Gasteiger partial charge in [0.15, 0.2) is 0 Å². The first-order valence-corrected chi connectivity index (χ1v) is 8.63. The van der Waals surface area contributed by atoms with E-state index in [4.69, 9.17) is 0 Å². The van der Waals surface area contributed by atoms with Crippen molar-refractivity contribution in [3.05, 3.63) is 54.1 Å². The van der Waals surface area contributed by atoms with Crippen molar-refractivity contribution in [2.24, 2.45) is 0 Å². The second kappa shape index (κ2) is 6.43. The number of aliphatic hydroxyl groups is 1. The molecular formula is C15H18OP2.